The van der Waals surface area contributed by atoms with Crippen LogP contribution in [0.4, 0.5) is 0 Å². The van der Waals surface area contributed by atoms with Crippen molar-refractivity contribution >= 4 is 23.4 Å². The minimum atomic E-state index is -0.582. The van der Waals surface area contributed by atoms with E-state index in [9.17, 15) is 14.7 Å². The van der Waals surface area contributed by atoms with Gasteiger partial charge in [-0.1, -0.05) is 29.8 Å². The van der Waals surface area contributed by atoms with Gasteiger partial charge in [-0.25, -0.2) is 0 Å². The highest BCUT2D eigenvalue weighted by Gasteiger charge is 2.12. The number of nitrogens with one attached hydrogen (secondary N) is 2. The van der Waals surface area contributed by atoms with E-state index >= 15 is 0 Å². The Bertz CT molecular complexity index is 699. The molecule has 5 nitrogen and oxygen atoms in total. The summed E-state index contributed by atoms with van der Waals surface area (Å²) in [5.74, 6) is -1.09. The SMILES string of the molecule is Cc1ccc(C(=O)NNC(=O)Cc2ccc(Cl)cc2)c(O)c1. The molecule has 0 spiro atoms. The summed E-state index contributed by atoms with van der Waals surface area (Å²) in [5.41, 5.74) is 6.27. The molecule has 0 fully saturated rings. The third-order valence-corrected chi connectivity index (χ3v) is 3.24. The van der Waals surface area contributed by atoms with Crippen molar-refractivity contribution in [2.75, 3.05) is 0 Å². The van der Waals surface area contributed by atoms with E-state index in [-0.39, 0.29) is 23.6 Å². The highest BCUT2D eigenvalue weighted by Crippen LogP contribution is 2.17. The molecule has 0 aliphatic heterocycles. The van der Waals surface area contributed by atoms with Crippen LogP contribution in [0.5, 0.6) is 5.75 Å². The van der Waals surface area contributed by atoms with E-state index in [1.165, 1.54) is 12.1 Å². The van der Waals surface area contributed by atoms with Crippen LogP contribution in [0.3, 0.4) is 0 Å². The fraction of sp³-hybridized carbons (Fsp3) is 0.125. The lowest BCUT2D eigenvalue weighted by atomic mass is 10.1. The van der Waals surface area contributed by atoms with Gasteiger partial charge in [0.1, 0.15) is 5.75 Å². The summed E-state index contributed by atoms with van der Waals surface area (Å²) >= 11 is 5.76. The molecule has 0 bridgehead atoms. The largest absolute Gasteiger partial charge is 0.507 e. The van der Waals surface area contributed by atoms with Gasteiger partial charge in [0.2, 0.25) is 5.91 Å². The van der Waals surface area contributed by atoms with E-state index in [0.717, 1.165) is 11.1 Å². The monoisotopic (exact) mass is 318 g/mol. The second kappa shape index (κ2) is 6.95. The van der Waals surface area contributed by atoms with Crippen molar-refractivity contribution in [1.82, 2.24) is 10.9 Å². The molecule has 114 valence electrons. The Balaban J connectivity index is 1.90. The highest BCUT2D eigenvalue weighted by atomic mass is 35.5. The predicted octanol–water partition coefficient (Wildman–Crippen LogP) is 2.36. The molecule has 0 aliphatic rings. The van der Waals surface area contributed by atoms with Gasteiger partial charge >= 0.3 is 0 Å². The molecule has 0 unspecified atom stereocenters. The van der Waals surface area contributed by atoms with Crippen molar-refractivity contribution in [3.63, 3.8) is 0 Å². The van der Waals surface area contributed by atoms with E-state index in [0.29, 0.717) is 5.02 Å². The van der Waals surface area contributed by atoms with Crippen LogP contribution in [0.2, 0.25) is 5.02 Å². The Labute approximate surface area is 132 Å². The maximum absolute atomic E-state index is 11.9. The molecule has 2 aromatic rings. The number of amides is 2. The number of phenolic OH excluding ortho intramolecular Hbond substituents is 1. The van der Waals surface area contributed by atoms with Crippen LogP contribution in [-0.4, -0.2) is 16.9 Å². The molecule has 0 atom stereocenters. The van der Waals surface area contributed by atoms with E-state index in [1.807, 2.05) is 0 Å². The lowest BCUT2D eigenvalue weighted by Gasteiger charge is -2.09. The first kappa shape index (κ1) is 15.9. The number of aromatic hydroxyl groups is 1. The summed E-state index contributed by atoms with van der Waals surface area (Å²) in [4.78, 5) is 23.6. The molecule has 0 heterocycles. The molecular formula is C16H15ClN2O3. The van der Waals surface area contributed by atoms with Gasteiger partial charge in [-0.2, -0.15) is 0 Å². The lowest BCUT2D eigenvalue weighted by Crippen LogP contribution is -2.42. The Hall–Kier alpha value is -2.53. The topological polar surface area (TPSA) is 78.4 Å². The van der Waals surface area contributed by atoms with E-state index in [2.05, 4.69) is 10.9 Å². The third kappa shape index (κ3) is 4.23. The second-order valence-electron chi connectivity index (χ2n) is 4.83. The van der Waals surface area contributed by atoms with Gasteiger partial charge in [0.05, 0.1) is 12.0 Å². The first-order valence-electron chi connectivity index (χ1n) is 6.59. The van der Waals surface area contributed by atoms with Gasteiger partial charge in [-0.05, 0) is 42.3 Å². The number of hydrazine groups is 1. The predicted molar refractivity (Wildman–Crippen MR) is 83.6 cm³/mol. The number of aryl methyl sites for hydroxylation is 1. The highest BCUT2D eigenvalue weighted by molar-refractivity contribution is 6.30. The second-order valence-corrected chi connectivity index (χ2v) is 5.26. The third-order valence-electron chi connectivity index (χ3n) is 2.99. The Morgan fingerprint density at radius 1 is 1.09 bits per heavy atom. The summed E-state index contributed by atoms with van der Waals surface area (Å²) < 4.78 is 0. The zero-order valence-corrected chi connectivity index (χ0v) is 12.6. The molecule has 0 radical (unpaired) electrons. The molecule has 0 aromatic heterocycles. The molecule has 0 saturated heterocycles. The van der Waals surface area contributed by atoms with Gasteiger partial charge < -0.3 is 5.11 Å². The van der Waals surface area contributed by atoms with Crippen molar-refractivity contribution in [1.29, 1.82) is 0 Å². The standard InChI is InChI=1S/C16H15ClN2O3/c1-10-2-7-13(14(20)8-10)16(22)19-18-15(21)9-11-3-5-12(17)6-4-11/h2-8,20H,9H2,1H3,(H,18,21)(H,19,22). The fourth-order valence-corrected chi connectivity index (χ4v) is 1.99. The van der Waals surface area contributed by atoms with Crippen molar-refractivity contribution in [3.8, 4) is 5.75 Å². The summed E-state index contributed by atoms with van der Waals surface area (Å²) in [7, 11) is 0. The summed E-state index contributed by atoms with van der Waals surface area (Å²) in [6.45, 7) is 1.80. The van der Waals surface area contributed by atoms with Crippen molar-refractivity contribution in [2.45, 2.75) is 13.3 Å². The summed E-state index contributed by atoms with van der Waals surface area (Å²) in [6.07, 6.45) is 0.108. The molecule has 22 heavy (non-hydrogen) atoms. The number of benzene rings is 2. The molecule has 3 N–H and O–H groups in total. The van der Waals surface area contributed by atoms with Crippen LogP contribution in [0, 0.1) is 6.92 Å². The van der Waals surface area contributed by atoms with Gasteiger partial charge in [-0.15, -0.1) is 0 Å². The van der Waals surface area contributed by atoms with Crippen molar-refractivity contribution in [3.05, 3.63) is 64.2 Å². The molecule has 2 aromatic carbocycles. The number of halogens is 1. The molecular weight excluding hydrogens is 304 g/mol. The average Bonchev–Trinajstić information content (AvgIpc) is 2.47. The Kier molecular flexibility index (Phi) is 5.01. The number of rotatable bonds is 3. The van der Waals surface area contributed by atoms with Crippen molar-refractivity contribution < 1.29 is 14.7 Å². The number of hydrogen-bond acceptors (Lipinski definition) is 3. The molecule has 2 amide bonds. The van der Waals surface area contributed by atoms with Gasteiger partial charge in [0, 0.05) is 5.02 Å². The van der Waals surface area contributed by atoms with Crippen molar-refractivity contribution in [2.24, 2.45) is 0 Å². The van der Waals surface area contributed by atoms with Gasteiger partial charge in [0.15, 0.2) is 0 Å². The number of carbonyl (C=O) groups excluding carboxylic acids is 2. The molecule has 6 heteroatoms. The van der Waals surface area contributed by atoms with Gasteiger partial charge in [-0.3, -0.25) is 20.4 Å². The van der Waals surface area contributed by atoms with Crippen LogP contribution in [-0.2, 0) is 11.2 Å². The quantitative estimate of drug-likeness (QED) is 0.760. The zero-order chi connectivity index (χ0) is 16.1. The number of phenols is 1. The van der Waals surface area contributed by atoms with E-state index < -0.39 is 5.91 Å². The zero-order valence-electron chi connectivity index (χ0n) is 11.9. The van der Waals surface area contributed by atoms with Crippen LogP contribution in [0.15, 0.2) is 42.5 Å². The van der Waals surface area contributed by atoms with E-state index in [4.69, 9.17) is 11.6 Å². The maximum Gasteiger partial charge on any atom is 0.273 e. The molecule has 0 saturated carbocycles. The number of carbonyl (C=O) groups is 2. The lowest BCUT2D eigenvalue weighted by molar-refractivity contribution is -0.121. The Morgan fingerprint density at radius 3 is 2.41 bits per heavy atom. The van der Waals surface area contributed by atoms with Crippen LogP contribution in [0.25, 0.3) is 0 Å². The van der Waals surface area contributed by atoms with E-state index in [1.54, 1.807) is 37.3 Å². The Morgan fingerprint density at radius 2 is 1.77 bits per heavy atom. The van der Waals surface area contributed by atoms with Crippen LogP contribution in [0.1, 0.15) is 21.5 Å². The summed E-state index contributed by atoms with van der Waals surface area (Å²) in [5, 5.41) is 10.3. The first-order chi connectivity index (χ1) is 10.5. The summed E-state index contributed by atoms with van der Waals surface area (Å²) in [6, 6.07) is 11.5. The van der Waals surface area contributed by atoms with Crippen LogP contribution >= 0.6 is 11.6 Å². The number of hydrogen-bond donors (Lipinski definition) is 3. The first-order valence-corrected chi connectivity index (χ1v) is 6.97. The average molecular weight is 319 g/mol. The minimum Gasteiger partial charge on any atom is -0.507 e. The normalized spacial score (nSPS) is 10.1. The van der Waals surface area contributed by atoms with Gasteiger partial charge in [0.25, 0.3) is 5.91 Å². The fourth-order valence-electron chi connectivity index (χ4n) is 1.86. The smallest absolute Gasteiger partial charge is 0.273 e. The molecule has 0 aliphatic carbocycles. The molecule has 2 rings (SSSR count). The maximum atomic E-state index is 11.9. The minimum absolute atomic E-state index is 0.0948. The van der Waals surface area contributed by atoms with Crippen LogP contribution < -0.4 is 10.9 Å².